The van der Waals surface area contributed by atoms with Crippen LogP contribution in [0.25, 0.3) is 0 Å². The summed E-state index contributed by atoms with van der Waals surface area (Å²) in [5, 5.41) is 0. The zero-order chi connectivity index (χ0) is 15.7. The van der Waals surface area contributed by atoms with E-state index in [2.05, 4.69) is 4.72 Å². The fourth-order valence-electron chi connectivity index (χ4n) is 2.29. The molecule has 1 aliphatic rings. The second kappa shape index (κ2) is 5.84. The van der Waals surface area contributed by atoms with E-state index in [1.54, 1.807) is 6.92 Å². The normalized spacial score (nSPS) is 20.0. The van der Waals surface area contributed by atoms with E-state index in [1.807, 2.05) is 4.90 Å². The maximum Gasteiger partial charge on any atom is 0.416 e. The summed E-state index contributed by atoms with van der Waals surface area (Å²) in [6.07, 6.45) is -3.71. The number of alkyl halides is 3. The quantitative estimate of drug-likeness (QED) is 0.925. The summed E-state index contributed by atoms with van der Waals surface area (Å²) < 4.78 is 63.1. The Kier molecular flexibility index (Phi) is 4.48. The van der Waals surface area contributed by atoms with Crippen LogP contribution in [0.5, 0.6) is 0 Å². The van der Waals surface area contributed by atoms with Crippen LogP contribution >= 0.6 is 0 Å². The number of nitrogens with one attached hydrogen (secondary N) is 1. The fourth-order valence-corrected chi connectivity index (χ4v) is 3.16. The lowest BCUT2D eigenvalue weighted by molar-refractivity contribution is -0.137. The van der Waals surface area contributed by atoms with Crippen LogP contribution in [-0.2, 0) is 16.2 Å². The number of nitrogens with zero attached hydrogens (tertiary/aromatic N) is 1. The molecule has 0 saturated carbocycles. The van der Waals surface area contributed by atoms with Crippen LogP contribution in [0, 0.1) is 0 Å². The Morgan fingerprint density at radius 3 is 2.43 bits per heavy atom. The third-order valence-corrected chi connectivity index (χ3v) is 4.93. The van der Waals surface area contributed by atoms with Gasteiger partial charge in [-0.3, -0.25) is 0 Å². The molecule has 0 bridgehead atoms. The van der Waals surface area contributed by atoms with Gasteiger partial charge in [-0.2, -0.15) is 13.2 Å². The van der Waals surface area contributed by atoms with Crippen molar-refractivity contribution in [3.63, 3.8) is 0 Å². The van der Waals surface area contributed by atoms with E-state index >= 15 is 0 Å². The van der Waals surface area contributed by atoms with Crippen LogP contribution in [0.4, 0.5) is 18.9 Å². The number of sulfonamides is 1. The van der Waals surface area contributed by atoms with Gasteiger partial charge < -0.3 is 4.90 Å². The van der Waals surface area contributed by atoms with Gasteiger partial charge in [0.25, 0.3) is 0 Å². The Hall–Kier alpha value is -1.28. The number of hydrogen-bond acceptors (Lipinski definition) is 3. The highest BCUT2D eigenvalue weighted by molar-refractivity contribution is 7.89. The molecule has 1 atom stereocenters. The summed E-state index contributed by atoms with van der Waals surface area (Å²) in [5.41, 5.74) is -0.0186. The smallest absolute Gasteiger partial charge is 0.370 e. The molecule has 0 aliphatic carbocycles. The molecule has 0 spiro atoms. The third kappa shape index (κ3) is 4.10. The maximum atomic E-state index is 12.5. The molecule has 2 rings (SSSR count). The lowest BCUT2D eigenvalue weighted by Gasteiger charge is -2.19. The summed E-state index contributed by atoms with van der Waals surface area (Å²) in [7, 11) is -3.26. The minimum absolute atomic E-state index is 0.0176. The van der Waals surface area contributed by atoms with Crippen molar-refractivity contribution in [1.29, 1.82) is 0 Å². The summed E-state index contributed by atoms with van der Waals surface area (Å²) >= 11 is 0. The van der Waals surface area contributed by atoms with E-state index < -0.39 is 21.8 Å². The van der Waals surface area contributed by atoms with Crippen LogP contribution in [0.1, 0.15) is 18.9 Å². The number of rotatable bonds is 4. The van der Waals surface area contributed by atoms with E-state index in [0.717, 1.165) is 12.1 Å². The first kappa shape index (κ1) is 16.1. The number of benzene rings is 1. The van der Waals surface area contributed by atoms with E-state index in [0.29, 0.717) is 25.2 Å². The molecular weight excluding hydrogens is 305 g/mol. The molecular formula is C13H17F3N2O2S. The van der Waals surface area contributed by atoms with E-state index in [1.165, 1.54) is 12.1 Å². The van der Waals surface area contributed by atoms with Crippen molar-refractivity contribution < 1.29 is 21.6 Å². The van der Waals surface area contributed by atoms with Crippen molar-refractivity contribution in [2.75, 3.05) is 23.7 Å². The monoisotopic (exact) mass is 322 g/mol. The first-order chi connectivity index (χ1) is 9.71. The zero-order valence-corrected chi connectivity index (χ0v) is 12.3. The molecule has 118 valence electrons. The van der Waals surface area contributed by atoms with Gasteiger partial charge in [-0.05, 0) is 37.6 Å². The Labute approximate surface area is 122 Å². The molecule has 1 aromatic carbocycles. The fraction of sp³-hybridized carbons (Fsp3) is 0.538. The lowest BCUT2D eigenvalue weighted by atomic mass is 10.2. The van der Waals surface area contributed by atoms with E-state index in [4.69, 9.17) is 0 Å². The van der Waals surface area contributed by atoms with Gasteiger partial charge in [0.1, 0.15) is 0 Å². The van der Waals surface area contributed by atoms with Gasteiger partial charge in [-0.1, -0.05) is 0 Å². The largest absolute Gasteiger partial charge is 0.416 e. The van der Waals surface area contributed by atoms with E-state index in [9.17, 15) is 21.6 Å². The minimum Gasteiger partial charge on any atom is -0.370 e. The summed E-state index contributed by atoms with van der Waals surface area (Å²) in [5.74, 6) is 0.0176. The SMILES string of the molecule is CCS(=O)(=O)NC1CCN(c2ccc(C(F)(F)F)cc2)C1. The predicted octanol–water partition coefficient (Wildman–Crippen LogP) is 2.22. The Balaban J connectivity index is 2.02. The molecule has 0 aromatic heterocycles. The van der Waals surface area contributed by atoms with Gasteiger partial charge >= 0.3 is 6.18 Å². The number of halogens is 3. The molecule has 1 unspecified atom stereocenters. The van der Waals surface area contributed by atoms with Crippen molar-refractivity contribution in [1.82, 2.24) is 4.72 Å². The topological polar surface area (TPSA) is 49.4 Å². The first-order valence-electron chi connectivity index (χ1n) is 6.63. The first-order valence-corrected chi connectivity index (χ1v) is 8.29. The van der Waals surface area contributed by atoms with Gasteiger partial charge in [-0.25, -0.2) is 13.1 Å². The van der Waals surface area contributed by atoms with Crippen molar-refractivity contribution in [2.45, 2.75) is 25.6 Å². The van der Waals surface area contributed by atoms with Crippen LogP contribution in [0.3, 0.4) is 0 Å². The Morgan fingerprint density at radius 1 is 1.29 bits per heavy atom. The van der Waals surface area contributed by atoms with Gasteiger partial charge in [0, 0.05) is 24.8 Å². The average Bonchev–Trinajstić information content (AvgIpc) is 2.86. The van der Waals surface area contributed by atoms with Crippen molar-refractivity contribution in [2.24, 2.45) is 0 Å². The van der Waals surface area contributed by atoms with Crippen LogP contribution in [0.15, 0.2) is 24.3 Å². The molecule has 1 heterocycles. The second-order valence-electron chi connectivity index (χ2n) is 5.00. The standard InChI is InChI=1S/C13H17F3N2O2S/c1-2-21(19,20)17-11-7-8-18(9-11)12-5-3-10(4-6-12)13(14,15)16/h3-6,11,17H,2,7-9H2,1H3. The third-order valence-electron chi connectivity index (χ3n) is 3.47. The highest BCUT2D eigenvalue weighted by Crippen LogP contribution is 2.31. The van der Waals surface area contributed by atoms with Gasteiger partial charge in [0.05, 0.1) is 11.3 Å². The van der Waals surface area contributed by atoms with Crippen LogP contribution in [0.2, 0.25) is 0 Å². The highest BCUT2D eigenvalue weighted by atomic mass is 32.2. The number of hydrogen-bond donors (Lipinski definition) is 1. The minimum atomic E-state index is -4.34. The van der Waals surface area contributed by atoms with Gasteiger partial charge in [0.15, 0.2) is 0 Å². The molecule has 1 fully saturated rings. The summed E-state index contributed by atoms with van der Waals surface area (Å²) in [6.45, 7) is 2.64. The van der Waals surface area contributed by atoms with Crippen molar-refractivity contribution in [3.8, 4) is 0 Å². The molecule has 0 radical (unpaired) electrons. The molecule has 8 heteroatoms. The Bertz CT molecular complexity index is 584. The molecule has 0 amide bonds. The summed E-state index contributed by atoms with van der Waals surface area (Å²) in [4.78, 5) is 1.88. The molecule has 1 saturated heterocycles. The van der Waals surface area contributed by atoms with Crippen molar-refractivity contribution in [3.05, 3.63) is 29.8 Å². The highest BCUT2D eigenvalue weighted by Gasteiger charge is 2.31. The zero-order valence-electron chi connectivity index (χ0n) is 11.5. The Morgan fingerprint density at radius 2 is 1.90 bits per heavy atom. The van der Waals surface area contributed by atoms with Crippen molar-refractivity contribution >= 4 is 15.7 Å². The molecule has 1 aliphatic heterocycles. The second-order valence-corrected chi connectivity index (χ2v) is 7.04. The van der Waals surface area contributed by atoms with Crippen LogP contribution < -0.4 is 9.62 Å². The molecule has 1 aromatic rings. The van der Waals surface area contributed by atoms with Gasteiger partial charge in [0.2, 0.25) is 10.0 Å². The maximum absolute atomic E-state index is 12.5. The summed E-state index contributed by atoms with van der Waals surface area (Å²) in [6, 6.07) is 4.72. The molecule has 21 heavy (non-hydrogen) atoms. The predicted molar refractivity (Wildman–Crippen MR) is 74.7 cm³/mol. The lowest BCUT2D eigenvalue weighted by Crippen LogP contribution is -2.37. The number of anilines is 1. The molecule has 1 N–H and O–H groups in total. The van der Waals surface area contributed by atoms with E-state index in [-0.39, 0.29) is 11.8 Å². The molecule has 4 nitrogen and oxygen atoms in total. The van der Waals surface area contributed by atoms with Crippen LogP contribution in [-0.4, -0.2) is 33.3 Å². The van der Waals surface area contributed by atoms with Gasteiger partial charge in [-0.15, -0.1) is 0 Å². The average molecular weight is 322 g/mol.